The van der Waals surface area contributed by atoms with Crippen molar-refractivity contribution in [2.24, 2.45) is 0 Å². The molecule has 6 nitrogen and oxygen atoms in total. The maximum Gasteiger partial charge on any atom is 0.411 e. The van der Waals surface area contributed by atoms with E-state index in [-0.39, 0.29) is 19.8 Å². The minimum atomic E-state index is -0.759. The van der Waals surface area contributed by atoms with E-state index in [4.69, 9.17) is 14.2 Å². The largest absolute Gasteiger partial charge is 0.497 e. The molecular formula is C12H19NO5. The molecule has 0 N–H and O–H groups in total. The van der Waals surface area contributed by atoms with Crippen molar-refractivity contribution < 1.29 is 23.8 Å². The normalized spacial score (nSPS) is 18.3. The van der Waals surface area contributed by atoms with Crippen molar-refractivity contribution >= 4 is 12.1 Å². The highest BCUT2D eigenvalue weighted by Crippen LogP contribution is 2.19. The first-order valence-corrected chi connectivity index (χ1v) is 6.07. The Morgan fingerprint density at radius 1 is 1.22 bits per heavy atom. The van der Waals surface area contributed by atoms with Gasteiger partial charge in [-0.2, -0.15) is 0 Å². The van der Waals surface area contributed by atoms with Gasteiger partial charge in [-0.1, -0.05) is 0 Å². The van der Waals surface area contributed by atoms with E-state index >= 15 is 0 Å². The first kappa shape index (κ1) is 14.3. The van der Waals surface area contributed by atoms with Crippen molar-refractivity contribution in [2.45, 2.75) is 26.8 Å². The van der Waals surface area contributed by atoms with Crippen LogP contribution in [-0.4, -0.2) is 49.4 Å². The third kappa shape index (κ3) is 3.38. The summed E-state index contributed by atoms with van der Waals surface area (Å²) in [4.78, 5) is 24.8. The van der Waals surface area contributed by atoms with Crippen molar-refractivity contribution in [3.8, 4) is 0 Å². The lowest BCUT2D eigenvalue weighted by molar-refractivity contribution is -0.146. The van der Waals surface area contributed by atoms with Gasteiger partial charge >= 0.3 is 12.1 Å². The summed E-state index contributed by atoms with van der Waals surface area (Å²) in [7, 11) is 0. The Bertz CT molecular complexity index is 339. The van der Waals surface area contributed by atoms with Crippen LogP contribution in [0.1, 0.15) is 20.8 Å². The number of ether oxygens (including phenoxy) is 3. The van der Waals surface area contributed by atoms with E-state index < -0.39 is 18.1 Å². The number of nitrogens with zero attached hydrogens (tertiary/aromatic N) is 1. The highest BCUT2D eigenvalue weighted by molar-refractivity contribution is 5.84. The molecule has 18 heavy (non-hydrogen) atoms. The number of hydrogen-bond acceptors (Lipinski definition) is 5. The van der Waals surface area contributed by atoms with Crippen LogP contribution < -0.4 is 0 Å². The second-order valence-corrected chi connectivity index (χ2v) is 3.59. The summed E-state index contributed by atoms with van der Waals surface area (Å²) in [5.41, 5.74) is 0. The Labute approximate surface area is 106 Å². The zero-order chi connectivity index (χ0) is 13.5. The number of carbonyl (C=O) groups excluding carboxylic acids is 2. The summed E-state index contributed by atoms with van der Waals surface area (Å²) in [6.45, 7) is 6.51. The minimum Gasteiger partial charge on any atom is -0.497 e. The number of rotatable bonds is 5. The number of amides is 1. The smallest absolute Gasteiger partial charge is 0.411 e. The van der Waals surface area contributed by atoms with E-state index in [9.17, 15) is 9.59 Å². The van der Waals surface area contributed by atoms with Gasteiger partial charge in [0.15, 0.2) is 6.04 Å². The molecule has 1 rings (SSSR count). The van der Waals surface area contributed by atoms with Gasteiger partial charge in [-0.05, 0) is 26.8 Å². The second kappa shape index (κ2) is 6.88. The zero-order valence-corrected chi connectivity index (χ0v) is 11.0. The van der Waals surface area contributed by atoms with E-state index in [0.717, 1.165) is 0 Å². The summed E-state index contributed by atoms with van der Waals surface area (Å²) in [6, 6.07) is -0.759. The lowest BCUT2D eigenvalue weighted by Crippen LogP contribution is -2.42. The fourth-order valence-electron chi connectivity index (χ4n) is 1.67. The minimum absolute atomic E-state index is 0.232. The van der Waals surface area contributed by atoms with Gasteiger partial charge in [0.25, 0.3) is 0 Å². The molecule has 1 unspecified atom stereocenters. The summed E-state index contributed by atoms with van der Waals surface area (Å²) >= 11 is 0. The van der Waals surface area contributed by atoms with Crippen LogP contribution in [0.25, 0.3) is 0 Å². The number of carbonyl (C=O) groups is 2. The van der Waals surface area contributed by atoms with E-state index in [1.165, 1.54) is 4.90 Å². The summed E-state index contributed by atoms with van der Waals surface area (Å²) in [5, 5.41) is 0. The molecule has 1 atom stereocenters. The molecule has 0 radical (unpaired) electrons. The SMILES string of the molecule is CCOC(=O)C1C=C(OCC)CN1C(=O)OCC. The summed E-state index contributed by atoms with van der Waals surface area (Å²) in [6.07, 6.45) is 1.06. The van der Waals surface area contributed by atoms with Gasteiger partial charge in [0.2, 0.25) is 0 Å². The first-order valence-electron chi connectivity index (χ1n) is 6.07. The molecule has 6 heteroatoms. The van der Waals surface area contributed by atoms with Gasteiger partial charge < -0.3 is 14.2 Å². The van der Waals surface area contributed by atoms with Gasteiger partial charge in [0, 0.05) is 0 Å². The molecule has 1 aliphatic heterocycles. The Kier molecular flexibility index (Phi) is 5.48. The Hall–Kier alpha value is -1.72. The second-order valence-electron chi connectivity index (χ2n) is 3.59. The Balaban J connectivity index is 2.77. The average molecular weight is 257 g/mol. The lowest BCUT2D eigenvalue weighted by Gasteiger charge is -2.21. The summed E-state index contributed by atoms with van der Waals surface area (Å²) in [5.74, 6) is 0.115. The standard InChI is InChI=1S/C12H19NO5/c1-4-16-9-7-10(11(14)17-5-2)13(8-9)12(15)18-6-3/h7,10H,4-6,8H2,1-3H3. The van der Waals surface area contributed by atoms with Crippen molar-refractivity contribution in [3.63, 3.8) is 0 Å². The van der Waals surface area contributed by atoms with Crippen molar-refractivity contribution in [1.82, 2.24) is 4.90 Å². The molecule has 1 amide bonds. The molecule has 1 aliphatic rings. The van der Waals surface area contributed by atoms with E-state index in [1.807, 2.05) is 6.92 Å². The predicted molar refractivity (Wildman–Crippen MR) is 63.9 cm³/mol. The van der Waals surface area contributed by atoms with Crippen LogP contribution in [0.2, 0.25) is 0 Å². The lowest BCUT2D eigenvalue weighted by atomic mass is 10.3. The van der Waals surface area contributed by atoms with Crippen LogP contribution in [0, 0.1) is 0 Å². The maximum atomic E-state index is 11.7. The molecule has 0 saturated heterocycles. The molecule has 0 spiro atoms. The fourth-order valence-corrected chi connectivity index (χ4v) is 1.67. The van der Waals surface area contributed by atoms with Crippen molar-refractivity contribution in [2.75, 3.05) is 26.4 Å². The number of hydrogen-bond donors (Lipinski definition) is 0. The van der Waals surface area contributed by atoms with Gasteiger partial charge in [-0.15, -0.1) is 0 Å². The van der Waals surface area contributed by atoms with Crippen LogP contribution >= 0.6 is 0 Å². The Morgan fingerprint density at radius 3 is 2.44 bits per heavy atom. The van der Waals surface area contributed by atoms with Crippen LogP contribution in [0.5, 0.6) is 0 Å². The average Bonchev–Trinajstić information content (AvgIpc) is 2.74. The monoisotopic (exact) mass is 257 g/mol. The maximum absolute atomic E-state index is 11.7. The van der Waals surface area contributed by atoms with Crippen molar-refractivity contribution in [3.05, 3.63) is 11.8 Å². The van der Waals surface area contributed by atoms with E-state index in [1.54, 1.807) is 19.9 Å². The molecule has 0 fully saturated rings. The molecule has 102 valence electrons. The molecule has 0 aliphatic carbocycles. The first-order chi connectivity index (χ1) is 8.63. The highest BCUT2D eigenvalue weighted by Gasteiger charge is 2.36. The van der Waals surface area contributed by atoms with Crippen LogP contribution in [0.3, 0.4) is 0 Å². The van der Waals surface area contributed by atoms with Crippen molar-refractivity contribution in [1.29, 1.82) is 0 Å². The van der Waals surface area contributed by atoms with Crippen LogP contribution in [0.15, 0.2) is 11.8 Å². The zero-order valence-electron chi connectivity index (χ0n) is 11.0. The molecule has 1 heterocycles. The van der Waals surface area contributed by atoms with Crippen LogP contribution in [0.4, 0.5) is 4.79 Å². The molecule has 0 aromatic rings. The molecule has 0 bridgehead atoms. The molecule has 0 aromatic heterocycles. The predicted octanol–water partition coefficient (Wildman–Crippen LogP) is 1.31. The Morgan fingerprint density at radius 2 is 1.89 bits per heavy atom. The fraction of sp³-hybridized carbons (Fsp3) is 0.667. The van der Waals surface area contributed by atoms with Gasteiger partial charge in [0.1, 0.15) is 5.76 Å². The molecular weight excluding hydrogens is 238 g/mol. The van der Waals surface area contributed by atoms with Crippen LogP contribution in [-0.2, 0) is 19.0 Å². The molecule has 0 aromatic carbocycles. The third-order valence-corrected chi connectivity index (χ3v) is 2.37. The van der Waals surface area contributed by atoms with E-state index in [0.29, 0.717) is 12.4 Å². The molecule has 0 saturated carbocycles. The van der Waals surface area contributed by atoms with Gasteiger partial charge in [0.05, 0.1) is 26.4 Å². The van der Waals surface area contributed by atoms with E-state index in [2.05, 4.69) is 0 Å². The van der Waals surface area contributed by atoms with Gasteiger partial charge in [-0.25, -0.2) is 9.59 Å². The topological polar surface area (TPSA) is 65.1 Å². The highest BCUT2D eigenvalue weighted by atomic mass is 16.6. The number of esters is 1. The summed E-state index contributed by atoms with van der Waals surface area (Å²) < 4.78 is 15.1. The van der Waals surface area contributed by atoms with Gasteiger partial charge in [-0.3, -0.25) is 4.90 Å². The third-order valence-electron chi connectivity index (χ3n) is 2.37. The quantitative estimate of drug-likeness (QED) is 0.695.